The molecule has 1 atom stereocenters. The van der Waals surface area contributed by atoms with Gasteiger partial charge in [-0.05, 0) is 42.3 Å². The molecule has 0 heterocycles. The van der Waals surface area contributed by atoms with Crippen LogP contribution in [0, 0.1) is 0 Å². The lowest BCUT2D eigenvalue weighted by atomic mass is 10.1. The van der Waals surface area contributed by atoms with Crippen LogP contribution < -0.4 is 4.72 Å². The Morgan fingerprint density at radius 1 is 1.12 bits per heavy atom. The minimum atomic E-state index is -4.60. The van der Waals surface area contributed by atoms with Gasteiger partial charge in [0.05, 0.1) is 10.5 Å². The van der Waals surface area contributed by atoms with Gasteiger partial charge in [-0.3, -0.25) is 0 Å². The maximum atomic E-state index is 12.8. The molecule has 0 saturated heterocycles. The molecule has 0 aliphatic heterocycles. The number of sulfonamides is 1. The lowest BCUT2D eigenvalue weighted by Crippen LogP contribution is -2.28. The molecule has 0 bridgehead atoms. The third-order valence-corrected chi connectivity index (χ3v) is 5.39. The molecule has 0 aliphatic carbocycles. The van der Waals surface area contributed by atoms with Crippen LogP contribution in [0.25, 0.3) is 0 Å². The van der Waals surface area contributed by atoms with Gasteiger partial charge in [0.15, 0.2) is 0 Å². The molecule has 8 heteroatoms. The van der Waals surface area contributed by atoms with Gasteiger partial charge in [-0.2, -0.15) is 13.2 Å². The molecular weight excluding hydrogens is 407 g/mol. The van der Waals surface area contributed by atoms with Gasteiger partial charge >= 0.3 is 6.18 Å². The normalized spacial score (nSPS) is 13.7. The highest BCUT2D eigenvalue weighted by Crippen LogP contribution is 2.31. The van der Waals surface area contributed by atoms with Gasteiger partial charge in [-0.1, -0.05) is 41.1 Å². The van der Waals surface area contributed by atoms with E-state index >= 15 is 0 Å². The zero-order valence-corrected chi connectivity index (χ0v) is 15.0. The summed E-state index contributed by atoms with van der Waals surface area (Å²) < 4.78 is 66.5. The third-order valence-electron chi connectivity index (χ3n) is 3.43. The van der Waals surface area contributed by atoms with E-state index in [4.69, 9.17) is 0 Å². The van der Waals surface area contributed by atoms with Crippen LogP contribution in [0.3, 0.4) is 0 Å². The number of nitrogens with one attached hydrogen (secondary N) is 1. The first-order valence-electron chi connectivity index (χ1n) is 7.08. The second-order valence-corrected chi connectivity index (χ2v) is 7.79. The van der Waals surface area contributed by atoms with E-state index in [1.165, 1.54) is 0 Å². The molecule has 24 heavy (non-hydrogen) atoms. The van der Waals surface area contributed by atoms with Crippen LogP contribution in [-0.2, 0) is 16.2 Å². The van der Waals surface area contributed by atoms with Crippen LogP contribution in [0.1, 0.15) is 30.5 Å². The summed E-state index contributed by atoms with van der Waals surface area (Å²) in [4.78, 5) is -0.411. The highest BCUT2D eigenvalue weighted by Gasteiger charge is 2.32. The van der Waals surface area contributed by atoms with Gasteiger partial charge < -0.3 is 0 Å². The molecule has 0 radical (unpaired) electrons. The predicted molar refractivity (Wildman–Crippen MR) is 88.9 cm³/mol. The van der Waals surface area contributed by atoms with Gasteiger partial charge in [0.25, 0.3) is 0 Å². The van der Waals surface area contributed by atoms with Crippen molar-refractivity contribution in [2.75, 3.05) is 0 Å². The van der Waals surface area contributed by atoms with E-state index in [1.54, 1.807) is 31.2 Å². The van der Waals surface area contributed by atoms with Crippen LogP contribution in [0.15, 0.2) is 57.9 Å². The molecule has 2 rings (SSSR count). The lowest BCUT2D eigenvalue weighted by Gasteiger charge is -2.18. The largest absolute Gasteiger partial charge is 0.416 e. The van der Waals surface area contributed by atoms with Gasteiger partial charge in [-0.25, -0.2) is 13.1 Å². The van der Waals surface area contributed by atoms with Crippen molar-refractivity contribution < 1.29 is 21.6 Å². The van der Waals surface area contributed by atoms with E-state index in [1.807, 2.05) is 0 Å². The number of halogens is 4. The molecule has 1 unspecified atom stereocenters. The summed E-state index contributed by atoms with van der Waals surface area (Å²) >= 11 is 3.31. The summed E-state index contributed by atoms with van der Waals surface area (Å²) in [5, 5.41) is 0. The van der Waals surface area contributed by atoms with Gasteiger partial charge in [0, 0.05) is 10.5 Å². The Kier molecular flexibility index (Phi) is 5.72. The third kappa shape index (κ3) is 4.58. The summed E-state index contributed by atoms with van der Waals surface area (Å²) in [6.07, 6.45) is -4.14. The molecule has 0 saturated carbocycles. The fraction of sp³-hybridized carbons (Fsp3) is 0.250. The Morgan fingerprint density at radius 2 is 1.79 bits per heavy atom. The molecule has 0 spiro atoms. The average molecular weight is 422 g/mol. The topological polar surface area (TPSA) is 46.2 Å². The minimum Gasteiger partial charge on any atom is -0.207 e. The van der Waals surface area contributed by atoms with E-state index in [2.05, 4.69) is 20.7 Å². The Labute approximate surface area is 147 Å². The standard InChI is InChI=1S/C16H15BrF3NO2S/c1-2-15(11-5-3-7-13(17)9-11)21-24(22,23)14-8-4-6-12(10-14)16(18,19)20/h3-10,15,21H,2H2,1H3. The number of hydrogen-bond acceptors (Lipinski definition) is 2. The molecule has 0 fully saturated rings. The first-order chi connectivity index (χ1) is 11.1. The zero-order valence-electron chi connectivity index (χ0n) is 12.6. The second-order valence-electron chi connectivity index (χ2n) is 5.16. The van der Waals surface area contributed by atoms with Crippen molar-refractivity contribution in [1.82, 2.24) is 4.72 Å². The van der Waals surface area contributed by atoms with Gasteiger partial charge in [-0.15, -0.1) is 0 Å². The highest BCUT2D eigenvalue weighted by molar-refractivity contribution is 9.10. The Bertz CT molecular complexity index is 822. The van der Waals surface area contributed by atoms with Crippen LogP contribution in [0.5, 0.6) is 0 Å². The van der Waals surface area contributed by atoms with Crippen molar-refractivity contribution in [3.8, 4) is 0 Å². The predicted octanol–water partition coefficient (Wildman–Crippen LogP) is 4.90. The van der Waals surface area contributed by atoms with E-state index in [-0.39, 0.29) is 0 Å². The SMILES string of the molecule is CCC(NS(=O)(=O)c1cccc(C(F)(F)F)c1)c1cccc(Br)c1. The van der Waals surface area contributed by atoms with Gasteiger partial charge in [0.1, 0.15) is 0 Å². The number of alkyl halides is 3. The molecule has 0 amide bonds. The van der Waals surface area contributed by atoms with Crippen molar-refractivity contribution in [2.45, 2.75) is 30.5 Å². The molecule has 2 aromatic carbocycles. The summed E-state index contributed by atoms with van der Waals surface area (Å²) in [5.74, 6) is 0. The van der Waals surface area contributed by atoms with Crippen molar-refractivity contribution in [2.24, 2.45) is 0 Å². The van der Waals surface area contributed by atoms with Gasteiger partial charge in [0.2, 0.25) is 10.0 Å². The average Bonchev–Trinajstić information content (AvgIpc) is 2.52. The molecule has 130 valence electrons. The number of benzene rings is 2. The summed E-state index contributed by atoms with van der Waals surface area (Å²) in [6.45, 7) is 1.79. The van der Waals surface area contributed by atoms with Crippen molar-refractivity contribution in [3.63, 3.8) is 0 Å². The summed E-state index contributed by atoms with van der Waals surface area (Å²) in [5.41, 5.74) is -0.275. The minimum absolute atomic E-state index is 0.411. The molecule has 0 aromatic heterocycles. The Hall–Kier alpha value is -1.38. The monoisotopic (exact) mass is 421 g/mol. The van der Waals surface area contributed by atoms with Crippen LogP contribution in [0.4, 0.5) is 13.2 Å². The van der Waals surface area contributed by atoms with Crippen molar-refractivity contribution >= 4 is 26.0 Å². The summed E-state index contributed by atoms with van der Waals surface area (Å²) in [7, 11) is -4.08. The first-order valence-corrected chi connectivity index (χ1v) is 9.36. The molecule has 1 N–H and O–H groups in total. The maximum absolute atomic E-state index is 12.8. The Balaban J connectivity index is 2.33. The fourth-order valence-electron chi connectivity index (χ4n) is 2.21. The van der Waals surface area contributed by atoms with E-state index in [0.29, 0.717) is 12.5 Å². The smallest absolute Gasteiger partial charge is 0.207 e. The highest BCUT2D eigenvalue weighted by atomic mass is 79.9. The zero-order chi connectivity index (χ0) is 18.0. The maximum Gasteiger partial charge on any atom is 0.416 e. The van der Waals surface area contributed by atoms with Crippen LogP contribution >= 0.6 is 15.9 Å². The molecule has 3 nitrogen and oxygen atoms in total. The molecule has 0 aliphatic rings. The quantitative estimate of drug-likeness (QED) is 0.746. The van der Waals surface area contributed by atoms with Crippen LogP contribution in [0.2, 0.25) is 0 Å². The lowest BCUT2D eigenvalue weighted by molar-refractivity contribution is -0.137. The Morgan fingerprint density at radius 3 is 2.38 bits per heavy atom. The molecule has 2 aromatic rings. The first kappa shape index (κ1) is 19.0. The number of hydrogen-bond donors (Lipinski definition) is 1. The summed E-state index contributed by atoms with van der Waals surface area (Å²) in [6, 6.07) is 10.2. The van der Waals surface area contributed by atoms with Crippen molar-refractivity contribution in [1.29, 1.82) is 0 Å². The van der Waals surface area contributed by atoms with E-state index in [9.17, 15) is 21.6 Å². The van der Waals surface area contributed by atoms with E-state index in [0.717, 1.165) is 28.2 Å². The second kappa shape index (κ2) is 7.25. The fourth-order valence-corrected chi connectivity index (χ4v) is 3.98. The van der Waals surface area contributed by atoms with Crippen LogP contribution in [-0.4, -0.2) is 8.42 Å². The van der Waals surface area contributed by atoms with E-state index < -0.39 is 32.7 Å². The number of rotatable bonds is 5. The molecular formula is C16H15BrF3NO2S. The van der Waals surface area contributed by atoms with Crippen molar-refractivity contribution in [3.05, 3.63) is 64.1 Å².